The third-order valence-corrected chi connectivity index (χ3v) is 8.74. The minimum absolute atomic E-state index is 0.00957. The lowest BCUT2D eigenvalue weighted by atomic mass is 9.54. The highest BCUT2D eigenvalue weighted by molar-refractivity contribution is 5.69. The standard InChI is InChI=1S/C27H32O4/c1-27-12-11-20-19(23(27)9-10-24(27)29)8-7-17-13-18(28)14-22(26(17)20)21(15-25(30)31)16-5-3-2-4-6-16/h2-6,13-14,19-21,23-24,28-29H,7-12,15H2,1H3,(H,30,31)/t19-,20+,21?,23+,24-,27+/m1/s1. The number of aliphatic hydroxyl groups is 1. The molecule has 0 aliphatic heterocycles. The lowest BCUT2D eigenvalue weighted by Gasteiger charge is -2.50. The number of aromatic hydroxyl groups is 1. The van der Waals surface area contributed by atoms with E-state index in [1.165, 1.54) is 11.1 Å². The number of carboxylic acid groups (broad SMARTS) is 1. The average Bonchev–Trinajstić information content (AvgIpc) is 3.06. The number of carbonyl (C=O) groups is 1. The molecule has 0 heterocycles. The van der Waals surface area contributed by atoms with E-state index in [1.54, 1.807) is 0 Å². The van der Waals surface area contributed by atoms with Crippen LogP contribution in [0.1, 0.15) is 79.5 Å². The van der Waals surface area contributed by atoms with Crippen molar-refractivity contribution in [1.82, 2.24) is 0 Å². The zero-order valence-corrected chi connectivity index (χ0v) is 18.1. The lowest BCUT2D eigenvalue weighted by Crippen LogP contribution is -2.44. The van der Waals surface area contributed by atoms with E-state index in [0.29, 0.717) is 17.8 Å². The molecule has 0 saturated heterocycles. The van der Waals surface area contributed by atoms with Crippen molar-refractivity contribution < 1.29 is 20.1 Å². The van der Waals surface area contributed by atoms with Crippen LogP contribution in [-0.2, 0) is 11.2 Å². The first kappa shape index (κ1) is 20.6. The second-order valence-electron chi connectivity index (χ2n) is 10.2. The summed E-state index contributed by atoms with van der Waals surface area (Å²) in [6.45, 7) is 2.27. The number of phenols is 1. The molecule has 164 valence electrons. The largest absolute Gasteiger partial charge is 0.508 e. The molecule has 2 saturated carbocycles. The predicted molar refractivity (Wildman–Crippen MR) is 119 cm³/mol. The fourth-order valence-electron chi connectivity index (χ4n) is 7.28. The minimum atomic E-state index is -0.826. The van der Waals surface area contributed by atoms with Crippen molar-refractivity contribution in [1.29, 1.82) is 0 Å². The smallest absolute Gasteiger partial charge is 0.304 e. The summed E-state index contributed by atoms with van der Waals surface area (Å²) in [5.74, 6) is 0.547. The summed E-state index contributed by atoms with van der Waals surface area (Å²) in [6, 6.07) is 13.6. The molecule has 3 N–H and O–H groups in total. The molecule has 3 aliphatic carbocycles. The predicted octanol–water partition coefficient (Wildman–Crippen LogP) is 5.22. The zero-order chi connectivity index (χ0) is 21.8. The van der Waals surface area contributed by atoms with E-state index in [2.05, 4.69) is 6.92 Å². The highest BCUT2D eigenvalue weighted by atomic mass is 16.4. The fraction of sp³-hybridized carbons (Fsp3) is 0.519. The van der Waals surface area contributed by atoms with Crippen LogP contribution in [0.5, 0.6) is 5.75 Å². The van der Waals surface area contributed by atoms with Crippen molar-refractivity contribution in [3.8, 4) is 5.75 Å². The summed E-state index contributed by atoms with van der Waals surface area (Å²) in [5.41, 5.74) is 4.45. The number of benzene rings is 2. The van der Waals surface area contributed by atoms with Gasteiger partial charge in [-0.15, -0.1) is 0 Å². The Hall–Kier alpha value is -2.33. The molecule has 5 rings (SSSR count). The maximum atomic E-state index is 11.8. The van der Waals surface area contributed by atoms with Crippen LogP contribution in [0.15, 0.2) is 42.5 Å². The molecule has 0 aromatic heterocycles. The first-order valence-electron chi connectivity index (χ1n) is 11.7. The van der Waals surface area contributed by atoms with Crippen molar-refractivity contribution in [2.24, 2.45) is 17.3 Å². The first-order chi connectivity index (χ1) is 14.9. The number of fused-ring (bicyclic) bond motifs is 5. The van der Waals surface area contributed by atoms with Gasteiger partial charge < -0.3 is 15.3 Å². The number of aryl methyl sites for hydroxylation is 1. The van der Waals surface area contributed by atoms with E-state index < -0.39 is 5.97 Å². The van der Waals surface area contributed by atoms with Crippen molar-refractivity contribution in [2.75, 3.05) is 0 Å². The third-order valence-electron chi connectivity index (χ3n) is 8.74. The Morgan fingerprint density at radius 3 is 2.65 bits per heavy atom. The SMILES string of the molecule is C[C@]12CC[C@@H]3c4c(cc(O)cc4C(CC(=O)O)c4ccccc4)CC[C@H]3[C@@H]1CC[C@H]2O. The van der Waals surface area contributed by atoms with Gasteiger partial charge in [-0.3, -0.25) is 4.79 Å². The molecule has 3 aliphatic rings. The molecule has 0 bridgehead atoms. The monoisotopic (exact) mass is 420 g/mol. The van der Waals surface area contributed by atoms with E-state index >= 15 is 0 Å². The van der Waals surface area contributed by atoms with Crippen molar-refractivity contribution in [2.45, 2.75) is 69.8 Å². The van der Waals surface area contributed by atoms with E-state index in [0.717, 1.165) is 49.7 Å². The van der Waals surface area contributed by atoms with Crippen LogP contribution >= 0.6 is 0 Å². The Morgan fingerprint density at radius 2 is 1.90 bits per heavy atom. The molecule has 4 nitrogen and oxygen atoms in total. The van der Waals surface area contributed by atoms with Crippen LogP contribution < -0.4 is 0 Å². The Bertz CT molecular complexity index is 984. The van der Waals surface area contributed by atoms with Gasteiger partial charge >= 0.3 is 5.97 Å². The number of aliphatic carboxylic acids is 1. The summed E-state index contributed by atoms with van der Waals surface area (Å²) in [6.07, 6.45) is 5.81. The molecule has 0 spiro atoms. The van der Waals surface area contributed by atoms with Crippen molar-refractivity contribution in [3.63, 3.8) is 0 Å². The van der Waals surface area contributed by atoms with Gasteiger partial charge in [0.05, 0.1) is 12.5 Å². The molecule has 2 aromatic rings. The zero-order valence-electron chi connectivity index (χ0n) is 18.1. The van der Waals surface area contributed by atoms with Gasteiger partial charge in [0.2, 0.25) is 0 Å². The Morgan fingerprint density at radius 1 is 1.13 bits per heavy atom. The molecular weight excluding hydrogens is 388 g/mol. The van der Waals surface area contributed by atoms with Gasteiger partial charge in [0.25, 0.3) is 0 Å². The Balaban J connectivity index is 1.62. The quantitative estimate of drug-likeness (QED) is 0.634. The Labute approximate surface area is 183 Å². The average molecular weight is 421 g/mol. The van der Waals surface area contributed by atoms with Gasteiger partial charge in [0.15, 0.2) is 0 Å². The summed E-state index contributed by atoms with van der Waals surface area (Å²) in [7, 11) is 0. The number of phenolic OH excluding ortho intramolecular Hbond substituents is 1. The lowest BCUT2D eigenvalue weighted by molar-refractivity contribution is -0.137. The maximum Gasteiger partial charge on any atom is 0.304 e. The van der Waals surface area contributed by atoms with E-state index in [4.69, 9.17) is 0 Å². The van der Waals surface area contributed by atoms with Gasteiger partial charge in [-0.2, -0.15) is 0 Å². The highest BCUT2D eigenvalue weighted by Crippen LogP contribution is 2.61. The maximum absolute atomic E-state index is 11.8. The molecule has 2 aromatic carbocycles. The summed E-state index contributed by atoms with van der Waals surface area (Å²) in [5, 5.41) is 30.9. The molecule has 0 amide bonds. The van der Waals surface area contributed by atoms with Crippen LogP contribution in [0.2, 0.25) is 0 Å². The molecule has 0 radical (unpaired) electrons. The summed E-state index contributed by atoms with van der Waals surface area (Å²) in [4.78, 5) is 11.8. The molecule has 31 heavy (non-hydrogen) atoms. The number of hydrogen-bond acceptors (Lipinski definition) is 3. The summed E-state index contributed by atoms with van der Waals surface area (Å²) >= 11 is 0. The van der Waals surface area contributed by atoms with Crippen LogP contribution in [-0.4, -0.2) is 27.4 Å². The molecule has 6 atom stereocenters. The van der Waals surface area contributed by atoms with Crippen LogP contribution in [0, 0.1) is 17.3 Å². The normalized spacial score (nSPS) is 32.6. The van der Waals surface area contributed by atoms with Crippen LogP contribution in [0.25, 0.3) is 0 Å². The molecule has 4 heteroatoms. The van der Waals surface area contributed by atoms with Gasteiger partial charge in [0.1, 0.15) is 5.75 Å². The summed E-state index contributed by atoms with van der Waals surface area (Å²) < 4.78 is 0. The van der Waals surface area contributed by atoms with E-state index in [-0.39, 0.29) is 29.6 Å². The second-order valence-corrected chi connectivity index (χ2v) is 10.2. The van der Waals surface area contributed by atoms with Gasteiger partial charge in [-0.05, 0) is 96.1 Å². The van der Waals surface area contributed by atoms with Crippen LogP contribution in [0.3, 0.4) is 0 Å². The first-order valence-corrected chi connectivity index (χ1v) is 11.7. The topological polar surface area (TPSA) is 77.8 Å². The molecule has 2 fully saturated rings. The minimum Gasteiger partial charge on any atom is -0.508 e. The van der Waals surface area contributed by atoms with Crippen LogP contribution in [0.4, 0.5) is 0 Å². The fourth-order valence-corrected chi connectivity index (χ4v) is 7.28. The van der Waals surface area contributed by atoms with Gasteiger partial charge in [0, 0.05) is 5.92 Å². The van der Waals surface area contributed by atoms with E-state index in [1.807, 2.05) is 42.5 Å². The molecular formula is C27H32O4. The number of rotatable bonds is 4. The number of aliphatic hydroxyl groups excluding tert-OH is 1. The highest BCUT2D eigenvalue weighted by Gasteiger charge is 2.54. The van der Waals surface area contributed by atoms with Gasteiger partial charge in [-0.25, -0.2) is 0 Å². The van der Waals surface area contributed by atoms with Gasteiger partial charge in [-0.1, -0.05) is 37.3 Å². The third kappa shape index (κ3) is 3.36. The molecule has 1 unspecified atom stereocenters. The second kappa shape index (κ2) is 7.67. The van der Waals surface area contributed by atoms with Crippen molar-refractivity contribution >= 4 is 5.97 Å². The number of carboxylic acids is 1. The Kier molecular flexibility index (Phi) is 5.09. The van der Waals surface area contributed by atoms with E-state index in [9.17, 15) is 20.1 Å². The van der Waals surface area contributed by atoms with Crippen molar-refractivity contribution in [3.05, 3.63) is 64.7 Å². The number of hydrogen-bond donors (Lipinski definition) is 3.